The van der Waals surface area contributed by atoms with Gasteiger partial charge in [0.05, 0.1) is 6.67 Å². The first-order valence-electron chi connectivity index (χ1n) is 4.01. The van der Waals surface area contributed by atoms with E-state index in [0.717, 1.165) is 0 Å². The third kappa shape index (κ3) is 3.33. The van der Waals surface area contributed by atoms with E-state index in [4.69, 9.17) is 23.1 Å². The molecule has 2 nitrogen and oxygen atoms in total. The number of hydrogen-bond acceptors (Lipinski definition) is 2. The lowest BCUT2D eigenvalue weighted by atomic mass is 10.0. The summed E-state index contributed by atoms with van der Waals surface area (Å²) in [5, 5.41) is 0.568. The summed E-state index contributed by atoms with van der Waals surface area (Å²) in [6.07, 6.45) is 0.268. The van der Waals surface area contributed by atoms with Crippen LogP contribution in [0.2, 0.25) is 5.02 Å². The molecule has 1 aromatic carbocycles. The van der Waals surface area contributed by atoms with Crippen LogP contribution in [0, 0.1) is 0 Å². The van der Waals surface area contributed by atoms with Crippen molar-refractivity contribution in [2.45, 2.75) is 12.5 Å². The molecular weight excluding hydrogens is 226 g/mol. The molecule has 14 heavy (non-hydrogen) atoms. The van der Waals surface area contributed by atoms with Gasteiger partial charge in [-0.3, -0.25) is 4.39 Å². The summed E-state index contributed by atoms with van der Waals surface area (Å²) in [7, 11) is 0. The lowest BCUT2D eigenvalue weighted by Crippen LogP contribution is -2.13. The standard InChI is InChI=1S/C9H12ClFN2.ClH/c10-6-1-2-8(12)7(5-6)9(13)3-4-11;/h1-2,5,9H,3-4,12-13H2;1H/t9-;/m0./s1. The smallest absolute Gasteiger partial charge is 0.0912 e. The minimum atomic E-state index is -0.451. The van der Waals surface area contributed by atoms with Crippen molar-refractivity contribution < 1.29 is 4.39 Å². The lowest BCUT2D eigenvalue weighted by Gasteiger charge is -2.12. The number of nitrogen functional groups attached to an aromatic ring is 1. The third-order valence-electron chi connectivity index (χ3n) is 1.87. The van der Waals surface area contributed by atoms with Crippen LogP contribution in [-0.2, 0) is 0 Å². The molecule has 0 heterocycles. The molecule has 0 aliphatic carbocycles. The molecule has 0 spiro atoms. The summed E-state index contributed by atoms with van der Waals surface area (Å²) >= 11 is 5.76. The zero-order chi connectivity index (χ0) is 9.84. The first-order chi connectivity index (χ1) is 6.15. The maximum absolute atomic E-state index is 12.0. The molecule has 1 rings (SSSR count). The van der Waals surface area contributed by atoms with Gasteiger partial charge in [-0.2, -0.15) is 0 Å². The predicted molar refractivity (Wildman–Crippen MR) is 60.6 cm³/mol. The van der Waals surface area contributed by atoms with Gasteiger partial charge in [0.2, 0.25) is 0 Å². The van der Waals surface area contributed by atoms with Crippen LogP contribution in [0.3, 0.4) is 0 Å². The van der Waals surface area contributed by atoms with Crippen molar-refractivity contribution in [2.24, 2.45) is 5.73 Å². The second kappa shape index (κ2) is 6.06. The number of halogens is 3. The average molecular weight is 239 g/mol. The minimum absolute atomic E-state index is 0. The molecule has 0 saturated carbocycles. The molecule has 0 aliphatic rings. The van der Waals surface area contributed by atoms with Crippen LogP contribution in [0.4, 0.5) is 10.1 Å². The van der Waals surface area contributed by atoms with Crippen LogP contribution in [-0.4, -0.2) is 6.67 Å². The Morgan fingerprint density at radius 2 is 2.07 bits per heavy atom. The van der Waals surface area contributed by atoms with Crippen molar-refractivity contribution in [3.63, 3.8) is 0 Å². The van der Waals surface area contributed by atoms with E-state index < -0.39 is 6.67 Å². The summed E-state index contributed by atoms with van der Waals surface area (Å²) in [6, 6.07) is 4.67. The van der Waals surface area contributed by atoms with Crippen LogP contribution in [0.15, 0.2) is 18.2 Å². The van der Waals surface area contributed by atoms with Gasteiger partial charge in [0, 0.05) is 16.8 Å². The molecule has 0 saturated heterocycles. The van der Waals surface area contributed by atoms with Gasteiger partial charge in [-0.05, 0) is 30.2 Å². The Balaban J connectivity index is 0.00000169. The molecule has 0 radical (unpaired) electrons. The van der Waals surface area contributed by atoms with E-state index in [1.165, 1.54) is 0 Å². The highest BCUT2D eigenvalue weighted by molar-refractivity contribution is 6.30. The Kier molecular flexibility index (Phi) is 5.84. The molecule has 5 heteroatoms. The van der Waals surface area contributed by atoms with E-state index in [1.807, 2.05) is 0 Å². The Morgan fingerprint density at radius 1 is 1.43 bits per heavy atom. The van der Waals surface area contributed by atoms with Crippen molar-refractivity contribution in [2.75, 3.05) is 12.4 Å². The first kappa shape index (κ1) is 13.5. The van der Waals surface area contributed by atoms with Gasteiger partial charge in [-0.15, -0.1) is 12.4 Å². The molecule has 0 fully saturated rings. The van der Waals surface area contributed by atoms with E-state index >= 15 is 0 Å². The van der Waals surface area contributed by atoms with Crippen LogP contribution in [0.1, 0.15) is 18.0 Å². The molecule has 0 unspecified atom stereocenters. The molecule has 0 aromatic heterocycles. The van der Waals surface area contributed by atoms with Crippen LogP contribution in [0.5, 0.6) is 0 Å². The average Bonchev–Trinajstić information content (AvgIpc) is 2.09. The summed E-state index contributed by atoms with van der Waals surface area (Å²) < 4.78 is 12.0. The van der Waals surface area contributed by atoms with E-state index in [9.17, 15) is 4.39 Å². The fourth-order valence-electron chi connectivity index (χ4n) is 1.14. The Labute approximate surface area is 93.8 Å². The molecule has 1 atom stereocenters. The van der Waals surface area contributed by atoms with Gasteiger partial charge >= 0.3 is 0 Å². The highest BCUT2D eigenvalue weighted by Gasteiger charge is 2.09. The third-order valence-corrected chi connectivity index (χ3v) is 2.10. The van der Waals surface area contributed by atoms with E-state index in [1.54, 1.807) is 18.2 Å². The molecule has 4 N–H and O–H groups in total. The zero-order valence-electron chi connectivity index (χ0n) is 7.54. The summed E-state index contributed by atoms with van der Waals surface area (Å²) in [6.45, 7) is -0.451. The van der Waals surface area contributed by atoms with Gasteiger partial charge in [0.15, 0.2) is 0 Å². The molecule has 1 aromatic rings. The fourth-order valence-corrected chi connectivity index (χ4v) is 1.32. The molecule has 0 bridgehead atoms. The highest BCUT2D eigenvalue weighted by atomic mass is 35.5. The van der Waals surface area contributed by atoms with Crippen molar-refractivity contribution in [1.29, 1.82) is 0 Å². The van der Waals surface area contributed by atoms with E-state index in [-0.39, 0.29) is 24.9 Å². The van der Waals surface area contributed by atoms with Crippen molar-refractivity contribution in [1.82, 2.24) is 0 Å². The first-order valence-corrected chi connectivity index (χ1v) is 4.39. The SMILES string of the molecule is Cl.Nc1ccc(Cl)cc1[C@@H](N)CCF. The quantitative estimate of drug-likeness (QED) is 0.796. The van der Waals surface area contributed by atoms with Gasteiger partial charge in [-0.1, -0.05) is 11.6 Å². The fraction of sp³-hybridized carbons (Fsp3) is 0.333. The second-order valence-corrected chi connectivity index (χ2v) is 3.29. The zero-order valence-corrected chi connectivity index (χ0v) is 9.11. The van der Waals surface area contributed by atoms with Crippen LogP contribution < -0.4 is 11.5 Å². The Hall–Kier alpha value is -0.510. The van der Waals surface area contributed by atoms with Crippen molar-refractivity contribution in [3.05, 3.63) is 28.8 Å². The Morgan fingerprint density at radius 3 is 2.64 bits per heavy atom. The van der Waals surface area contributed by atoms with Crippen molar-refractivity contribution in [3.8, 4) is 0 Å². The maximum atomic E-state index is 12.0. The van der Waals surface area contributed by atoms with Gasteiger partial charge < -0.3 is 11.5 Å². The van der Waals surface area contributed by atoms with Gasteiger partial charge in [0.1, 0.15) is 0 Å². The highest BCUT2D eigenvalue weighted by Crippen LogP contribution is 2.24. The minimum Gasteiger partial charge on any atom is -0.398 e. The summed E-state index contributed by atoms with van der Waals surface area (Å²) in [5.41, 5.74) is 12.6. The number of rotatable bonds is 3. The number of nitrogens with two attached hydrogens (primary N) is 2. The van der Waals surface area contributed by atoms with Gasteiger partial charge in [0.25, 0.3) is 0 Å². The molecule has 0 amide bonds. The molecular formula is C9H13Cl2FN2. The van der Waals surface area contributed by atoms with E-state index in [2.05, 4.69) is 0 Å². The largest absolute Gasteiger partial charge is 0.398 e. The molecule has 0 aliphatic heterocycles. The van der Waals surface area contributed by atoms with Gasteiger partial charge in [-0.25, -0.2) is 0 Å². The number of alkyl halides is 1. The second-order valence-electron chi connectivity index (χ2n) is 2.86. The number of anilines is 1. The number of benzene rings is 1. The monoisotopic (exact) mass is 238 g/mol. The number of hydrogen-bond donors (Lipinski definition) is 2. The van der Waals surface area contributed by atoms with Crippen LogP contribution in [0.25, 0.3) is 0 Å². The normalized spacial score (nSPS) is 11.9. The predicted octanol–water partition coefficient (Wildman–Crippen LogP) is 2.70. The Bertz CT molecular complexity index is 294. The summed E-state index contributed by atoms with van der Waals surface area (Å²) in [5.74, 6) is 0. The maximum Gasteiger partial charge on any atom is 0.0912 e. The van der Waals surface area contributed by atoms with Crippen molar-refractivity contribution >= 4 is 29.7 Å². The summed E-state index contributed by atoms with van der Waals surface area (Å²) in [4.78, 5) is 0. The lowest BCUT2D eigenvalue weighted by molar-refractivity contribution is 0.442. The van der Waals surface area contributed by atoms with Crippen LogP contribution >= 0.6 is 24.0 Å². The topological polar surface area (TPSA) is 52.0 Å². The van der Waals surface area contributed by atoms with E-state index in [0.29, 0.717) is 16.3 Å². The molecule has 80 valence electrons.